The maximum absolute atomic E-state index is 13.4. The van der Waals surface area contributed by atoms with Crippen molar-refractivity contribution < 1.29 is 41.9 Å². The van der Waals surface area contributed by atoms with Gasteiger partial charge in [0.1, 0.15) is 11.8 Å². The van der Waals surface area contributed by atoms with Crippen LogP contribution in [0, 0.1) is 11.3 Å². The average molecular weight is 617 g/mol. The SMILES string of the molecule is CC(C)(C)C[C@H](NC(=O)CCc1ccc(Cl)c(OC(F)(F)F)c1)C(=O)NC(C[C@@H]1CCNC1=O)C(=O)C(=O)NC1CC1. The minimum atomic E-state index is -4.94. The molecule has 1 unspecified atom stereocenters. The Morgan fingerprint density at radius 2 is 1.76 bits per heavy atom. The van der Waals surface area contributed by atoms with E-state index in [1.165, 1.54) is 12.1 Å². The summed E-state index contributed by atoms with van der Waals surface area (Å²) in [6.07, 6.45) is -3.01. The number of carbonyl (C=O) groups excluding carboxylic acids is 5. The molecule has 232 valence electrons. The van der Waals surface area contributed by atoms with Gasteiger partial charge in [-0.15, -0.1) is 13.2 Å². The second kappa shape index (κ2) is 13.7. The highest BCUT2D eigenvalue weighted by Crippen LogP contribution is 2.31. The summed E-state index contributed by atoms with van der Waals surface area (Å²) in [5.41, 5.74) is -0.0865. The lowest BCUT2D eigenvalue weighted by molar-refractivity contribution is -0.274. The molecule has 0 aromatic heterocycles. The van der Waals surface area contributed by atoms with Gasteiger partial charge in [0.25, 0.3) is 5.91 Å². The zero-order chi connectivity index (χ0) is 31.2. The lowest BCUT2D eigenvalue weighted by Gasteiger charge is -2.28. The Bertz CT molecular complexity index is 1200. The topological polar surface area (TPSA) is 143 Å². The zero-order valence-electron chi connectivity index (χ0n) is 23.7. The predicted octanol–water partition coefficient (Wildman–Crippen LogP) is 2.95. The molecular weight excluding hydrogens is 581 g/mol. The van der Waals surface area contributed by atoms with Crippen molar-refractivity contribution >= 4 is 41.0 Å². The van der Waals surface area contributed by atoms with Gasteiger partial charge in [0.15, 0.2) is 0 Å². The maximum Gasteiger partial charge on any atom is 0.573 e. The van der Waals surface area contributed by atoms with Crippen molar-refractivity contribution in [2.45, 2.75) is 90.2 Å². The van der Waals surface area contributed by atoms with Crippen molar-refractivity contribution in [3.63, 3.8) is 0 Å². The molecule has 3 atom stereocenters. The van der Waals surface area contributed by atoms with E-state index in [0.29, 0.717) is 18.5 Å². The predicted molar refractivity (Wildman–Crippen MR) is 146 cm³/mol. The van der Waals surface area contributed by atoms with Gasteiger partial charge in [-0.3, -0.25) is 24.0 Å². The van der Waals surface area contributed by atoms with E-state index < -0.39 is 59.0 Å². The number of benzene rings is 1. The summed E-state index contributed by atoms with van der Waals surface area (Å²) in [5, 5.41) is 10.3. The van der Waals surface area contributed by atoms with Crippen LogP contribution in [0.2, 0.25) is 5.02 Å². The van der Waals surface area contributed by atoms with E-state index in [-0.39, 0.29) is 42.7 Å². The molecule has 1 aliphatic carbocycles. The van der Waals surface area contributed by atoms with Gasteiger partial charge < -0.3 is 26.0 Å². The molecule has 42 heavy (non-hydrogen) atoms. The quantitative estimate of drug-likeness (QED) is 0.251. The number of alkyl halides is 3. The van der Waals surface area contributed by atoms with Gasteiger partial charge in [-0.25, -0.2) is 0 Å². The van der Waals surface area contributed by atoms with Crippen LogP contribution in [0.15, 0.2) is 18.2 Å². The molecular formula is C28H36ClF3N4O6. The van der Waals surface area contributed by atoms with Crippen molar-refractivity contribution in [3.8, 4) is 5.75 Å². The van der Waals surface area contributed by atoms with E-state index in [1.807, 2.05) is 20.8 Å². The van der Waals surface area contributed by atoms with Gasteiger partial charge >= 0.3 is 6.36 Å². The first-order valence-electron chi connectivity index (χ1n) is 13.8. The van der Waals surface area contributed by atoms with Crippen molar-refractivity contribution in [2.75, 3.05) is 6.54 Å². The molecule has 4 N–H and O–H groups in total. The number of hydrogen-bond donors (Lipinski definition) is 4. The lowest BCUT2D eigenvalue weighted by Crippen LogP contribution is -2.55. The fourth-order valence-corrected chi connectivity index (χ4v) is 4.71. The molecule has 0 bridgehead atoms. The number of aryl methyl sites for hydroxylation is 1. The van der Waals surface area contributed by atoms with Crippen molar-refractivity contribution in [3.05, 3.63) is 28.8 Å². The van der Waals surface area contributed by atoms with E-state index >= 15 is 0 Å². The molecule has 1 aromatic rings. The number of rotatable bonds is 13. The summed E-state index contributed by atoms with van der Waals surface area (Å²) in [5.74, 6) is -4.38. The molecule has 4 amide bonds. The Kier molecular flexibility index (Phi) is 10.9. The molecule has 1 aliphatic heterocycles. The Balaban J connectivity index is 1.69. The van der Waals surface area contributed by atoms with E-state index in [1.54, 1.807) is 0 Å². The number of amides is 4. The van der Waals surface area contributed by atoms with Gasteiger partial charge in [-0.1, -0.05) is 38.4 Å². The summed E-state index contributed by atoms with van der Waals surface area (Å²) < 4.78 is 41.9. The molecule has 1 saturated heterocycles. The normalized spacial score (nSPS) is 18.5. The van der Waals surface area contributed by atoms with Crippen LogP contribution in [0.4, 0.5) is 13.2 Å². The number of ether oxygens (including phenoxy) is 1. The smallest absolute Gasteiger partial charge is 0.404 e. The van der Waals surface area contributed by atoms with Crippen LogP contribution < -0.4 is 26.0 Å². The minimum absolute atomic E-state index is 0.0281. The number of carbonyl (C=O) groups is 5. The Labute approximate surface area is 246 Å². The fourth-order valence-electron chi connectivity index (χ4n) is 4.55. The fraction of sp³-hybridized carbons (Fsp3) is 0.607. The van der Waals surface area contributed by atoms with Crippen LogP contribution in [0.25, 0.3) is 0 Å². The van der Waals surface area contributed by atoms with Crippen LogP contribution in [-0.4, -0.2) is 60.4 Å². The van der Waals surface area contributed by atoms with E-state index in [9.17, 15) is 37.1 Å². The molecule has 2 fully saturated rings. The second-order valence-electron chi connectivity index (χ2n) is 11.9. The van der Waals surface area contributed by atoms with Crippen molar-refractivity contribution in [1.29, 1.82) is 0 Å². The highest BCUT2D eigenvalue weighted by atomic mass is 35.5. The molecule has 1 saturated carbocycles. The minimum Gasteiger partial charge on any atom is -0.404 e. The molecule has 14 heteroatoms. The van der Waals surface area contributed by atoms with E-state index in [4.69, 9.17) is 11.6 Å². The first kappa shape index (κ1) is 33.2. The third-order valence-corrected chi connectivity index (χ3v) is 7.09. The van der Waals surface area contributed by atoms with Crippen LogP contribution >= 0.6 is 11.6 Å². The van der Waals surface area contributed by atoms with Crippen LogP contribution in [-0.2, 0) is 30.4 Å². The maximum atomic E-state index is 13.4. The molecule has 1 heterocycles. The Hall–Kier alpha value is -3.35. The first-order chi connectivity index (χ1) is 19.5. The largest absolute Gasteiger partial charge is 0.573 e. The number of nitrogens with one attached hydrogen (secondary N) is 4. The Morgan fingerprint density at radius 3 is 2.33 bits per heavy atom. The zero-order valence-corrected chi connectivity index (χ0v) is 24.4. The van der Waals surface area contributed by atoms with Crippen molar-refractivity contribution in [1.82, 2.24) is 21.3 Å². The summed E-state index contributed by atoms with van der Waals surface area (Å²) in [4.78, 5) is 64.0. The lowest BCUT2D eigenvalue weighted by atomic mass is 9.87. The van der Waals surface area contributed by atoms with Crippen LogP contribution in [0.5, 0.6) is 5.75 Å². The molecule has 0 spiro atoms. The van der Waals surface area contributed by atoms with Crippen LogP contribution in [0.3, 0.4) is 0 Å². The number of hydrogen-bond acceptors (Lipinski definition) is 6. The molecule has 0 radical (unpaired) electrons. The molecule has 10 nitrogen and oxygen atoms in total. The van der Waals surface area contributed by atoms with Gasteiger partial charge in [0.05, 0.1) is 11.1 Å². The number of halogens is 4. The van der Waals surface area contributed by atoms with Gasteiger partial charge in [0, 0.05) is 24.9 Å². The van der Waals surface area contributed by atoms with Gasteiger partial charge in [-0.05, 0) is 61.6 Å². The van der Waals surface area contributed by atoms with Crippen LogP contribution in [0.1, 0.15) is 64.9 Å². The highest BCUT2D eigenvalue weighted by molar-refractivity contribution is 6.38. The third kappa shape index (κ3) is 10.8. The summed E-state index contributed by atoms with van der Waals surface area (Å²) in [7, 11) is 0. The highest BCUT2D eigenvalue weighted by Gasteiger charge is 2.38. The molecule has 2 aliphatic rings. The number of Topliss-reactive ketones (excluding diaryl/α,β-unsaturated/α-hetero) is 1. The van der Waals surface area contributed by atoms with E-state index in [2.05, 4.69) is 26.0 Å². The van der Waals surface area contributed by atoms with Gasteiger partial charge in [0.2, 0.25) is 23.5 Å². The third-order valence-electron chi connectivity index (χ3n) is 6.78. The standard InChI is InChI=1S/C28H36ClF3N4O6/c1-27(2,3)14-20(35-22(37)9-5-15-4-8-18(29)21(12-15)42-28(30,31)32)25(40)36-19(13-16-10-11-33-24(16)39)23(38)26(41)34-17-6-7-17/h4,8,12,16-17,19-20H,5-7,9-11,13-14H2,1-3H3,(H,33,39)(H,34,41)(H,35,37)(H,36,40)/t16-,19?,20-/m0/s1. The second-order valence-corrected chi connectivity index (χ2v) is 12.3. The summed E-state index contributed by atoms with van der Waals surface area (Å²) in [6.45, 7) is 5.98. The van der Waals surface area contributed by atoms with Crippen molar-refractivity contribution in [2.24, 2.45) is 11.3 Å². The first-order valence-corrected chi connectivity index (χ1v) is 14.1. The monoisotopic (exact) mass is 616 g/mol. The Morgan fingerprint density at radius 1 is 1.07 bits per heavy atom. The average Bonchev–Trinajstić information content (AvgIpc) is 3.60. The summed E-state index contributed by atoms with van der Waals surface area (Å²) in [6, 6.07) is 1.33. The number of ketones is 1. The van der Waals surface area contributed by atoms with E-state index in [0.717, 1.165) is 18.9 Å². The molecule has 1 aromatic carbocycles. The summed E-state index contributed by atoms with van der Waals surface area (Å²) >= 11 is 5.78. The van der Waals surface area contributed by atoms with Gasteiger partial charge in [-0.2, -0.15) is 0 Å². The molecule has 3 rings (SSSR count).